The quantitative estimate of drug-likeness (QED) is 0.423. The summed E-state index contributed by atoms with van der Waals surface area (Å²) < 4.78 is 36.1. The lowest BCUT2D eigenvalue weighted by molar-refractivity contribution is 0.407. The van der Waals surface area contributed by atoms with Gasteiger partial charge in [0.1, 0.15) is 5.75 Å². The molecule has 34 heavy (non-hydrogen) atoms. The Balaban J connectivity index is 1.52. The van der Waals surface area contributed by atoms with Crippen LogP contribution in [0.1, 0.15) is 45.0 Å². The fourth-order valence-electron chi connectivity index (χ4n) is 3.99. The van der Waals surface area contributed by atoms with Crippen molar-refractivity contribution in [3.05, 3.63) is 58.3 Å². The second kappa shape index (κ2) is 10.5. The third-order valence-corrected chi connectivity index (χ3v) is 8.01. The lowest BCUT2D eigenvalue weighted by Crippen LogP contribution is -2.29. The zero-order valence-corrected chi connectivity index (χ0v) is 21.4. The van der Waals surface area contributed by atoms with E-state index >= 15 is 0 Å². The highest BCUT2D eigenvalue weighted by Gasteiger charge is 2.25. The Morgan fingerprint density at radius 3 is 2.53 bits per heavy atom. The molecule has 4 rings (SSSR count). The second-order valence-electron chi connectivity index (χ2n) is 8.15. The van der Waals surface area contributed by atoms with E-state index in [0.717, 1.165) is 18.8 Å². The SMILES string of the molecule is CCn1c(Oc2cccc(N3CCCCC3)c2)nnc1[C@@H](C)NS(=O)(=O)c1ccc(Cl)c(Cl)c1. The highest BCUT2D eigenvalue weighted by Crippen LogP contribution is 2.29. The molecule has 2 aromatic carbocycles. The van der Waals surface area contributed by atoms with Crippen LogP contribution in [0.2, 0.25) is 10.0 Å². The summed E-state index contributed by atoms with van der Waals surface area (Å²) >= 11 is 11.9. The first kappa shape index (κ1) is 24.8. The Bertz CT molecular complexity index is 1260. The highest BCUT2D eigenvalue weighted by molar-refractivity contribution is 7.89. The van der Waals surface area contributed by atoms with Crippen molar-refractivity contribution in [2.75, 3.05) is 18.0 Å². The Morgan fingerprint density at radius 2 is 1.82 bits per heavy atom. The highest BCUT2D eigenvalue weighted by atomic mass is 35.5. The number of nitrogens with zero attached hydrogens (tertiary/aromatic N) is 4. The molecule has 1 aliphatic heterocycles. The molecule has 11 heteroatoms. The van der Waals surface area contributed by atoms with Crippen LogP contribution in [0.4, 0.5) is 5.69 Å². The lowest BCUT2D eigenvalue weighted by atomic mass is 10.1. The Morgan fingerprint density at radius 1 is 1.06 bits per heavy atom. The molecule has 1 N–H and O–H groups in total. The maximum atomic E-state index is 12.9. The van der Waals surface area contributed by atoms with Gasteiger partial charge < -0.3 is 9.64 Å². The number of ether oxygens (including phenoxy) is 1. The monoisotopic (exact) mass is 523 g/mol. The molecule has 0 saturated carbocycles. The number of benzene rings is 2. The minimum Gasteiger partial charge on any atom is -0.424 e. The molecule has 1 fully saturated rings. The molecule has 0 amide bonds. The van der Waals surface area contributed by atoms with Gasteiger partial charge in [-0.25, -0.2) is 13.1 Å². The van der Waals surface area contributed by atoms with E-state index in [4.69, 9.17) is 27.9 Å². The number of piperidine rings is 1. The van der Waals surface area contributed by atoms with Gasteiger partial charge in [-0.2, -0.15) is 0 Å². The van der Waals surface area contributed by atoms with E-state index in [2.05, 4.69) is 25.9 Å². The molecule has 0 bridgehead atoms. The van der Waals surface area contributed by atoms with Crippen molar-refractivity contribution < 1.29 is 13.2 Å². The summed E-state index contributed by atoms with van der Waals surface area (Å²) in [5.74, 6) is 1.09. The maximum Gasteiger partial charge on any atom is 0.322 e. The topological polar surface area (TPSA) is 89.3 Å². The van der Waals surface area contributed by atoms with Gasteiger partial charge in [0, 0.05) is 31.4 Å². The first-order valence-electron chi connectivity index (χ1n) is 11.2. The number of halogens is 2. The van der Waals surface area contributed by atoms with Crippen LogP contribution in [0.3, 0.4) is 0 Å². The van der Waals surface area contributed by atoms with Crippen molar-refractivity contribution in [2.45, 2.75) is 50.6 Å². The van der Waals surface area contributed by atoms with E-state index in [1.54, 1.807) is 11.5 Å². The van der Waals surface area contributed by atoms with Crippen LogP contribution in [-0.2, 0) is 16.6 Å². The molecule has 0 spiro atoms. The molecule has 1 aromatic heterocycles. The summed E-state index contributed by atoms with van der Waals surface area (Å²) in [6.45, 7) is 6.20. The van der Waals surface area contributed by atoms with Gasteiger partial charge in [0.05, 0.1) is 21.0 Å². The number of sulfonamides is 1. The third-order valence-electron chi connectivity index (χ3n) is 5.73. The van der Waals surface area contributed by atoms with Gasteiger partial charge in [0.2, 0.25) is 10.0 Å². The van der Waals surface area contributed by atoms with E-state index in [1.807, 2.05) is 25.1 Å². The lowest BCUT2D eigenvalue weighted by Gasteiger charge is -2.29. The predicted octanol–water partition coefficient (Wildman–Crippen LogP) is 5.43. The Labute approximate surface area is 209 Å². The van der Waals surface area contributed by atoms with Gasteiger partial charge in [0.15, 0.2) is 5.82 Å². The van der Waals surface area contributed by atoms with Crippen LogP contribution < -0.4 is 14.4 Å². The zero-order valence-electron chi connectivity index (χ0n) is 19.0. The summed E-state index contributed by atoms with van der Waals surface area (Å²) in [5.41, 5.74) is 1.11. The Hall–Kier alpha value is -2.33. The van der Waals surface area contributed by atoms with Crippen molar-refractivity contribution in [3.8, 4) is 11.8 Å². The zero-order chi connectivity index (χ0) is 24.3. The number of aromatic nitrogens is 3. The van der Waals surface area contributed by atoms with Crippen molar-refractivity contribution in [1.82, 2.24) is 19.5 Å². The predicted molar refractivity (Wildman–Crippen MR) is 133 cm³/mol. The third kappa shape index (κ3) is 5.49. The van der Waals surface area contributed by atoms with Crippen LogP contribution >= 0.6 is 23.2 Å². The Kier molecular flexibility index (Phi) is 7.67. The molecule has 1 atom stereocenters. The molecule has 182 valence electrons. The van der Waals surface area contributed by atoms with Crippen LogP contribution in [0.25, 0.3) is 0 Å². The van der Waals surface area contributed by atoms with E-state index in [9.17, 15) is 8.42 Å². The molecule has 1 aliphatic rings. The number of anilines is 1. The molecule has 8 nitrogen and oxygen atoms in total. The van der Waals surface area contributed by atoms with E-state index in [0.29, 0.717) is 24.1 Å². The van der Waals surface area contributed by atoms with E-state index in [-0.39, 0.29) is 14.9 Å². The van der Waals surface area contributed by atoms with Crippen molar-refractivity contribution >= 4 is 38.9 Å². The van der Waals surface area contributed by atoms with Crippen LogP contribution in [-0.4, -0.2) is 36.3 Å². The minimum atomic E-state index is -3.86. The molecular formula is C23H27Cl2N5O3S. The van der Waals surface area contributed by atoms with Gasteiger partial charge >= 0.3 is 6.01 Å². The van der Waals surface area contributed by atoms with Gasteiger partial charge in [-0.3, -0.25) is 4.57 Å². The molecule has 0 aliphatic carbocycles. The number of hydrogen-bond donors (Lipinski definition) is 1. The number of hydrogen-bond acceptors (Lipinski definition) is 6. The average molecular weight is 524 g/mol. The number of rotatable bonds is 8. The molecule has 1 saturated heterocycles. The summed E-state index contributed by atoms with van der Waals surface area (Å²) in [6, 6.07) is 11.7. The molecule has 3 aromatic rings. The molecular weight excluding hydrogens is 497 g/mol. The largest absolute Gasteiger partial charge is 0.424 e. The van der Waals surface area contributed by atoms with Crippen LogP contribution in [0.15, 0.2) is 47.4 Å². The van der Waals surface area contributed by atoms with Gasteiger partial charge in [-0.15, -0.1) is 5.10 Å². The smallest absolute Gasteiger partial charge is 0.322 e. The summed E-state index contributed by atoms with van der Waals surface area (Å²) in [5, 5.41) is 8.83. The summed E-state index contributed by atoms with van der Waals surface area (Å²) in [4.78, 5) is 2.37. The van der Waals surface area contributed by atoms with Gasteiger partial charge in [-0.05, 0) is 63.4 Å². The van der Waals surface area contributed by atoms with Gasteiger partial charge in [0.25, 0.3) is 0 Å². The van der Waals surface area contributed by atoms with Crippen molar-refractivity contribution in [2.24, 2.45) is 0 Å². The fourth-order valence-corrected chi connectivity index (χ4v) is 5.58. The van der Waals surface area contributed by atoms with Gasteiger partial charge in [-0.1, -0.05) is 34.4 Å². The molecule has 0 unspecified atom stereocenters. The first-order chi connectivity index (χ1) is 16.3. The summed E-state index contributed by atoms with van der Waals surface area (Å²) in [6.07, 6.45) is 3.64. The van der Waals surface area contributed by atoms with E-state index in [1.165, 1.54) is 37.5 Å². The standard InChI is InChI=1S/C23H27Cl2N5O3S/c1-3-30-22(16(2)28-34(31,32)19-10-11-20(24)21(25)15-19)26-27-23(30)33-18-9-7-8-17(14-18)29-12-5-4-6-13-29/h7-11,14-16,28H,3-6,12-13H2,1-2H3/t16-/m1/s1. The fraction of sp³-hybridized carbons (Fsp3) is 0.391. The molecule has 0 radical (unpaired) electrons. The first-order valence-corrected chi connectivity index (χ1v) is 13.5. The maximum absolute atomic E-state index is 12.9. The van der Waals surface area contributed by atoms with Crippen molar-refractivity contribution in [1.29, 1.82) is 0 Å². The van der Waals surface area contributed by atoms with Crippen LogP contribution in [0, 0.1) is 0 Å². The normalized spacial score (nSPS) is 15.4. The average Bonchev–Trinajstić information content (AvgIpc) is 3.24. The minimum absolute atomic E-state index is 0.0160. The summed E-state index contributed by atoms with van der Waals surface area (Å²) in [7, 11) is -3.86. The molecule has 2 heterocycles. The van der Waals surface area contributed by atoms with Crippen molar-refractivity contribution in [3.63, 3.8) is 0 Å². The number of nitrogens with one attached hydrogen (secondary N) is 1. The van der Waals surface area contributed by atoms with E-state index < -0.39 is 16.1 Å². The second-order valence-corrected chi connectivity index (χ2v) is 10.7. The van der Waals surface area contributed by atoms with Crippen LogP contribution in [0.5, 0.6) is 11.8 Å².